The molecule has 10 nitrogen and oxygen atoms in total. The van der Waals surface area contributed by atoms with Crippen molar-refractivity contribution in [3.63, 3.8) is 0 Å². The van der Waals surface area contributed by atoms with Crippen molar-refractivity contribution in [3.05, 3.63) is 30.1 Å². The van der Waals surface area contributed by atoms with Crippen LogP contribution in [-0.2, 0) is 4.74 Å². The number of hydrogen-bond acceptors (Lipinski definition) is 10. The average Bonchev–Trinajstić information content (AvgIpc) is 2.89. The van der Waals surface area contributed by atoms with Gasteiger partial charge in [0.2, 0.25) is 5.95 Å². The summed E-state index contributed by atoms with van der Waals surface area (Å²) in [5.41, 5.74) is 1.73. The second-order valence-electron chi connectivity index (χ2n) is 8.57. The fourth-order valence-electron chi connectivity index (χ4n) is 4.33. The Morgan fingerprint density at radius 3 is 2.55 bits per heavy atom. The molecule has 2 fully saturated rings. The van der Waals surface area contributed by atoms with Crippen LogP contribution in [0, 0.1) is 0 Å². The number of nitrogens with one attached hydrogen (secondary N) is 2. The quantitative estimate of drug-likeness (QED) is 0.583. The number of methoxy groups -OCH3 is 1. The first kappa shape index (κ1) is 21.7. The zero-order chi connectivity index (χ0) is 22.6. The predicted molar refractivity (Wildman–Crippen MR) is 129 cm³/mol. The number of anilines is 4. The molecule has 3 aromatic heterocycles. The predicted octanol–water partition coefficient (Wildman–Crippen LogP) is 2.67. The third kappa shape index (κ3) is 4.81. The molecule has 33 heavy (non-hydrogen) atoms. The van der Waals surface area contributed by atoms with E-state index in [1.165, 1.54) is 19.3 Å². The highest BCUT2D eigenvalue weighted by Gasteiger charge is 2.20. The molecular formula is C23H31N9O. The lowest BCUT2D eigenvalue weighted by Gasteiger charge is -2.29. The van der Waals surface area contributed by atoms with Crippen LogP contribution < -0.4 is 20.4 Å². The van der Waals surface area contributed by atoms with Crippen molar-refractivity contribution < 1.29 is 4.74 Å². The fourth-order valence-corrected chi connectivity index (χ4v) is 4.33. The molecule has 0 unspecified atom stereocenters. The Kier molecular flexibility index (Phi) is 6.45. The van der Waals surface area contributed by atoms with Gasteiger partial charge in [0, 0.05) is 58.0 Å². The van der Waals surface area contributed by atoms with E-state index >= 15 is 0 Å². The summed E-state index contributed by atoms with van der Waals surface area (Å²) in [4.78, 5) is 18.9. The van der Waals surface area contributed by atoms with Gasteiger partial charge in [-0.2, -0.15) is 0 Å². The smallest absolute Gasteiger partial charge is 0.229 e. The van der Waals surface area contributed by atoms with Crippen LogP contribution in [-0.4, -0.2) is 71.5 Å². The molecule has 0 saturated carbocycles. The number of hydrogen-bond donors (Lipinski definition) is 2. The molecular weight excluding hydrogens is 418 g/mol. The van der Waals surface area contributed by atoms with E-state index in [0.717, 1.165) is 67.5 Å². The van der Waals surface area contributed by atoms with Crippen LogP contribution in [0.4, 0.5) is 23.4 Å². The van der Waals surface area contributed by atoms with E-state index in [1.807, 2.05) is 31.3 Å². The van der Waals surface area contributed by atoms with Crippen molar-refractivity contribution in [1.82, 2.24) is 30.5 Å². The highest BCUT2D eigenvalue weighted by Crippen LogP contribution is 2.30. The number of aromatic nitrogens is 5. The van der Waals surface area contributed by atoms with Gasteiger partial charge in [0.05, 0.1) is 11.8 Å². The maximum Gasteiger partial charge on any atom is 0.229 e. The van der Waals surface area contributed by atoms with Gasteiger partial charge in [-0.3, -0.25) is 0 Å². The van der Waals surface area contributed by atoms with E-state index in [-0.39, 0.29) is 6.10 Å². The first-order valence-electron chi connectivity index (χ1n) is 11.7. The number of piperidine rings is 1. The summed E-state index contributed by atoms with van der Waals surface area (Å²) in [6.07, 6.45) is 5.33. The molecule has 2 aliphatic heterocycles. The molecule has 0 spiro atoms. The zero-order valence-corrected chi connectivity index (χ0v) is 19.3. The van der Waals surface area contributed by atoms with Crippen LogP contribution in [0.3, 0.4) is 0 Å². The summed E-state index contributed by atoms with van der Waals surface area (Å²) in [6.45, 7) is 7.77. The Hall–Kier alpha value is -3.11. The number of piperazine rings is 1. The highest BCUT2D eigenvalue weighted by atomic mass is 16.5. The van der Waals surface area contributed by atoms with Crippen LogP contribution in [0.1, 0.15) is 38.0 Å². The van der Waals surface area contributed by atoms with Crippen LogP contribution >= 0.6 is 0 Å². The molecule has 0 amide bonds. The van der Waals surface area contributed by atoms with Crippen LogP contribution in [0.15, 0.2) is 24.4 Å². The largest absolute Gasteiger partial charge is 0.375 e. The summed E-state index contributed by atoms with van der Waals surface area (Å²) < 4.78 is 5.53. The summed E-state index contributed by atoms with van der Waals surface area (Å²) >= 11 is 0. The van der Waals surface area contributed by atoms with Crippen molar-refractivity contribution in [1.29, 1.82) is 0 Å². The molecule has 0 radical (unpaired) electrons. The number of ether oxygens (including phenoxy) is 1. The Labute approximate surface area is 193 Å². The topological polar surface area (TPSA) is 104 Å². The SMILES string of the molecule is CO[C@H](C)c1cc2cnc(Nc3ccc(N4CCNCC4)nn3)nc2c(N2CCCCC2)n1. The number of pyridine rings is 1. The van der Waals surface area contributed by atoms with E-state index in [9.17, 15) is 0 Å². The molecule has 0 aliphatic carbocycles. The molecule has 0 bridgehead atoms. The molecule has 2 saturated heterocycles. The van der Waals surface area contributed by atoms with Crippen molar-refractivity contribution in [2.75, 3.05) is 61.5 Å². The first-order chi connectivity index (χ1) is 16.2. The fraction of sp³-hybridized carbons (Fsp3) is 0.522. The summed E-state index contributed by atoms with van der Waals surface area (Å²) in [5.74, 6) is 2.89. The molecule has 3 aromatic rings. The molecule has 5 rings (SSSR count). The lowest BCUT2D eigenvalue weighted by molar-refractivity contribution is 0.116. The van der Waals surface area contributed by atoms with Gasteiger partial charge in [-0.25, -0.2) is 15.0 Å². The second-order valence-corrected chi connectivity index (χ2v) is 8.57. The number of rotatable bonds is 6. The minimum Gasteiger partial charge on any atom is -0.375 e. The molecule has 174 valence electrons. The third-order valence-electron chi connectivity index (χ3n) is 6.32. The maximum atomic E-state index is 5.53. The van der Waals surface area contributed by atoms with Crippen molar-refractivity contribution in [2.45, 2.75) is 32.3 Å². The molecule has 2 N–H and O–H groups in total. The van der Waals surface area contributed by atoms with Gasteiger partial charge in [-0.05, 0) is 44.4 Å². The number of nitrogens with zero attached hydrogens (tertiary/aromatic N) is 7. The number of fused-ring (bicyclic) bond motifs is 1. The van der Waals surface area contributed by atoms with Gasteiger partial charge in [-0.15, -0.1) is 10.2 Å². The van der Waals surface area contributed by atoms with Crippen molar-refractivity contribution >= 4 is 34.3 Å². The monoisotopic (exact) mass is 449 g/mol. The maximum absolute atomic E-state index is 5.53. The van der Waals surface area contributed by atoms with Crippen LogP contribution in [0.5, 0.6) is 0 Å². The van der Waals surface area contributed by atoms with Gasteiger partial charge < -0.3 is 25.2 Å². The Bertz CT molecular complexity index is 1080. The Morgan fingerprint density at radius 1 is 1.00 bits per heavy atom. The van der Waals surface area contributed by atoms with Gasteiger partial charge in [0.25, 0.3) is 0 Å². The molecule has 5 heterocycles. The lowest BCUT2D eigenvalue weighted by Crippen LogP contribution is -2.43. The van der Waals surface area contributed by atoms with E-state index in [4.69, 9.17) is 14.7 Å². The van der Waals surface area contributed by atoms with E-state index in [2.05, 4.69) is 35.6 Å². The molecule has 1 atom stereocenters. The molecule has 2 aliphatic rings. The molecule has 10 heteroatoms. The summed E-state index contributed by atoms with van der Waals surface area (Å²) in [7, 11) is 1.70. The summed E-state index contributed by atoms with van der Waals surface area (Å²) in [5, 5.41) is 16.2. The third-order valence-corrected chi connectivity index (χ3v) is 6.32. The van der Waals surface area contributed by atoms with Crippen LogP contribution in [0.2, 0.25) is 0 Å². The molecule has 0 aromatic carbocycles. The van der Waals surface area contributed by atoms with E-state index < -0.39 is 0 Å². The zero-order valence-electron chi connectivity index (χ0n) is 19.3. The Morgan fingerprint density at radius 2 is 1.82 bits per heavy atom. The van der Waals surface area contributed by atoms with Gasteiger partial charge >= 0.3 is 0 Å². The van der Waals surface area contributed by atoms with E-state index in [1.54, 1.807) is 7.11 Å². The highest BCUT2D eigenvalue weighted by molar-refractivity contribution is 5.89. The summed E-state index contributed by atoms with van der Waals surface area (Å²) in [6, 6.07) is 5.93. The minimum absolute atomic E-state index is 0.0970. The van der Waals surface area contributed by atoms with E-state index in [0.29, 0.717) is 11.8 Å². The van der Waals surface area contributed by atoms with Gasteiger partial charge in [0.1, 0.15) is 5.52 Å². The van der Waals surface area contributed by atoms with Gasteiger partial charge in [0.15, 0.2) is 17.5 Å². The van der Waals surface area contributed by atoms with Crippen LogP contribution in [0.25, 0.3) is 10.9 Å². The first-order valence-corrected chi connectivity index (χ1v) is 11.7. The van der Waals surface area contributed by atoms with Crippen molar-refractivity contribution in [3.8, 4) is 0 Å². The standard InChI is InChI=1S/C23H31N9O/c1-16(33-2)18-14-17-15-25-23(28-21(17)22(26-18)32-10-4-3-5-11-32)27-19-6-7-20(30-29-19)31-12-8-24-9-13-31/h6-7,14-16,24H,3-5,8-13H2,1-2H3,(H,25,27,28,29)/t16-/m1/s1. The van der Waals surface area contributed by atoms with Crippen molar-refractivity contribution in [2.24, 2.45) is 0 Å². The average molecular weight is 450 g/mol. The Balaban J connectivity index is 1.43. The van der Waals surface area contributed by atoms with Gasteiger partial charge in [-0.1, -0.05) is 0 Å². The minimum atomic E-state index is -0.0970. The lowest BCUT2D eigenvalue weighted by atomic mass is 10.1. The normalized spacial score (nSPS) is 17.9. The second kappa shape index (κ2) is 9.80.